The summed E-state index contributed by atoms with van der Waals surface area (Å²) in [7, 11) is 0. The van der Waals surface area contributed by atoms with Crippen LogP contribution in [0, 0.1) is 5.92 Å². The van der Waals surface area contributed by atoms with Crippen molar-refractivity contribution >= 4 is 0 Å². The van der Waals surface area contributed by atoms with Crippen LogP contribution in [0.2, 0.25) is 0 Å². The zero-order valence-electron chi connectivity index (χ0n) is 13.7. The highest BCUT2D eigenvalue weighted by molar-refractivity contribution is 5.02. The van der Waals surface area contributed by atoms with Gasteiger partial charge in [0.1, 0.15) is 0 Å². The van der Waals surface area contributed by atoms with Crippen molar-refractivity contribution in [1.29, 1.82) is 0 Å². The molecule has 0 unspecified atom stereocenters. The summed E-state index contributed by atoms with van der Waals surface area (Å²) in [6, 6.07) is 0. The normalized spacial score (nSPS) is 12.2. The molecule has 19 heavy (non-hydrogen) atoms. The molecule has 0 aromatic carbocycles. The molecule has 0 saturated carbocycles. The smallest absolute Gasteiger partial charge is 0.0348 e. The molecule has 0 N–H and O–H groups in total. The second-order valence-electron chi connectivity index (χ2n) is 6.09. The molecule has 0 radical (unpaired) electrons. The number of allylic oxidation sites excluding steroid dienone is 4. The van der Waals surface area contributed by atoms with Gasteiger partial charge < -0.3 is 0 Å². The fourth-order valence-corrected chi connectivity index (χ4v) is 2.21. The maximum Gasteiger partial charge on any atom is -0.0348 e. The topological polar surface area (TPSA) is 0 Å². The van der Waals surface area contributed by atoms with E-state index in [0.29, 0.717) is 0 Å². The second kappa shape index (κ2) is 15.5. The first-order valence-corrected chi connectivity index (χ1v) is 8.59. The summed E-state index contributed by atoms with van der Waals surface area (Å²) in [6.45, 7) is 6.89. The number of hydrogen-bond donors (Lipinski definition) is 0. The zero-order valence-corrected chi connectivity index (χ0v) is 13.7. The van der Waals surface area contributed by atoms with E-state index < -0.39 is 0 Å². The van der Waals surface area contributed by atoms with E-state index in [0.717, 1.165) is 5.92 Å². The minimum Gasteiger partial charge on any atom is -0.0845 e. The van der Waals surface area contributed by atoms with Crippen molar-refractivity contribution in [3.63, 3.8) is 0 Å². The molecule has 0 aliphatic carbocycles. The van der Waals surface area contributed by atoms with E-state index in [2.05, 4.69) is 45.1 Å². The summed E-state index contributed by atoms with van der Waals surface area (Å²) in [5.74, 6) is 0.862. The maximum atomic E-state index is 2.32. The van der Waals surface area contributed by atoms with Gasteiger partial charge in [-0.25, -0.2) is 0 Å². The molecule has 0 heteroatoms. The van der Waals surface area contributed by atoms with Crippen LogP contribution < -0.4 is 0 Å². The molecular formula is C19H36. The predicted molar refractivity (Wildman–Crippen MR) is 89.6 cm³/mol. The Bertz CT molecular complexity index is 210. The van der Waals surface area contributed by atoms with Crippen molar-refractivity contribution in [2.24, 2.45) is 5.92 Å². The number of rotatable bonds is 13. The Morgan fingerprint density at radius 3 is 1.79 bits per heavy atom. The monoisotopic (exact) mass is 264 g/mol. The zero-order chi connectivity index (χ0) is 14.2. The molecule has 0 atom stereocenters. The Labute approximate surface area is 122 Å². The Morgan fingerprint density at radius 2 is 1.21 bits per heavy atom. The fraction of sp³-hybridized carbons (Fsp3) is 0.789. The van der Waals surface area contributed by atoms with E-state index in [1.54, 1.807) is 0 Å². The van der Waals surface area contributed by atoms with Gasteiger partial charge in [0.25, 0.3) is 0 Å². The van der Waals surface area contributed by atoms with Crippen molar-refractivity contribution in [3.8, 4) is 0 Å². The Morgan fingerprint density at radius 1 is 0.684 bits per heavy atom. The minimum atomic E-state index is 0.862. The van der Waals surface area contributed by atoms with Crippen LogP contribution in [0.15, 0.2) is 24.3 Å². The van der Waals surface area contributed by atoms with Gasteiger partial charge >= 0.3 is 0 Å². The van der Waals surface area contributed by atoms with Crippen molar-refractivity contribution in [1.82, 2.24) is 0 Å². The predicted octanol–water partition coefficient (Wildman–Crippen LogP) is 7.07. The third-order valence-electron chi connectivity index (χ3n) is 3.51. The van der Waals surface area contributed by atoms with E-state index in [9.17, 15) is 0 Å². The highest BCUT2D eigenvalue weighted by atomic mass is 14.0. The van der Waals surface area contributed by atoms with Crippen LogP contribution in [0.3, 0.4) is 0 Å². The molecule has 0 saturated heterocycles. The Hall–Kier alpha value is -0.520. The lowest BCUT2D eigenvalue weighted by molar-refractivity contribution is 0.540. The third kappa shape index (κ3) is 17.5. The fourth-order valence-electron chi connectivity index (χ4n) is 2.21. The van der Waals surface area contributed by atoms with Crippen molar-refractivity contribution in [2.45, 2.75) is 91.4 Å². The molecule has 0 aromatic rings. The summed E-state index contributed by atoms with van der Waals surface area (Å²) >= 11 is 0. The molecule has 0 nitrogen and oxygen atoms in total. The van der Waals surface area contributed by atoms with Crippen LogP contribution in [-0.2, 0) is 0 Å². The molecule has 112 valence electrons. The summed E-state index contributed by atoms with van der Waals surface area (Å²) in [6.07, 6.45) is 24.1. The van der Waals surface area contributed by atoms with E-state index in [4.69, 9.17) is 0 Å². The molecular weight excluding hydrogens is 228 g/mol. The van der Waals surface area contributed by atoms with Gasteiger partial charge in [-0.2, -0.15) is 0 Å². The Balaban J connectivity index is 3.19. The van der Waals surface area contributed by atoms with E-state index in [-0.39, 0.29) is 0 Å². The van der Waals surface area contributed by atoms with Crippen LogP contribution in [-0.4, -0.2) is 0 Å². The first-order chi connectivity index (χ1) is 9.27. The van der Waals surface area contributed by atoms with E-state index in [1.165, 1.54) is 70.6 Å². The van der Waals surface area contributed by atoms with Gasteiger partial charge in [-0.05, 0) is 31.6 Å². The van der Waals surface area contributed by atoms with Crippen LogP contribution >= 0.6 is 0 Å². The molecule has 0 spiro atoms. The molecule has 0 amide bonds. The standard InChI is InChI=1S/C19H36/c1-4-5-6-7-8-9-10-11-12-13-14-15-16-17-18-19(2)3/h11-14,19H,4-10,15-18H2,1-3H3/b12-11+,14-13-. The van der Waals surface area contributed by atoms with Gasteiger partial charge in [0.05, 0.1) is 0 Å². The lowest BCUT2D eigenvalue weighted by atomic mass is 10.1. The first-order valence-electron chi connectivity index (χ1n) is 8.59. The summed E-state index contributed by atoms with van der Waals surface area (Å²) in [4.78, 5) is 0. The lowest BCUT2D eigenvalue weighted by Crippen LogP contribution is -1.85. The SMILES string of the molecule is CCCCCCCC/C=C/C=C\CCCCC(C)C. The van der Waals surface area contributed by atoms with Crippen LogP contribution in [0.4, 0.5) is 0 Å². The van der Waals surface area contributed by atoms with Crippen molar-refractivity contribution < 1.29 is 0 Å². The van der Waals surface area contributed by atoms with Gasteiger partial charge in [0.2, 0.25) is 0 Å². The molecule has 0 aromatic heterocycles. The molecule has 0 fully saturated rings. The first kappa shape index (κ1) is 18.5. The van der Waals surface area contributed by atoms with Crippen LogP contribution in [0.5, 0.6) is 0 Å². The number of unbranched alkanes of at least 4 members (excludes halogenated alkanes) is 8. The third-order valence-corrected chi connectivity index (χ3v) is 3.51. The van der Waals surface area contributed by atoms with Gasteiger partial charge in [-0.3, -0.25) is 0 Å². The van der Waals surface area contributed by atoms with E-state index in [1.807, 2.05) is 0 Å². The minimum absolute atomic E-state index is 0.862. The van der Waals surface area contributed by atoms with Crippen LogP contribution in [0.1, 0.15) is 91.4 Å². The largest absolute Gasteiger partial charge is 0.0845 e. The lowest BCUT2D eigenvalue weighted by Gasteiger charge is -2.01. The van der Waals surface area contributed by atoms with Crippen molar-refractivity contribution in [3.05, 3.63) is 24.3 Å². The second-order valence-corrected chi connectivity index (χ2v) is 6.09. The Kier molecular flexibility index (Phi) is 15.1. The number of hydrogen-bond acceptors (Lipinski definition) is 0. The highest BCUT2D eigenvalue weighted by Gasteiger charge is 1.91. The molecule has 0 aliphatic heterocycles. The van der Waals surface area contributed by atoms with Gasteiger partial charge in [-0.1, -0.05) is 90.0 Å². The van der Waals surface area contributed by atoms with E-state index >= 15 is 0 Å². The quantitative estimate of drug-likeness (QED) is 0.246. The average Bonchev–Trinajstić information content (AvgIpc) is 2.39. The van der Waals surface area contributed by atoms with Gasteiger partial charge in [-0.15, -0.1) is 0 Å². The molecule has 0 heterocycles. The van der Waals surface area contributed by atoms with Gasteiger partial charge in [0, 0.05) is 0 Å². The maximum absolute atomic E-state index is 2.32. The van der Waals surface area contributed by atoms with Crippen LogP contribution in [0.25, 0.3) is 0 Å². The van der Waals surface area contributed by atoms with Gasteiger partial charge in [0.15, 0.2) is 0 Å². The summed E-state index contributed by atoms with van der Waals surface area (Å²) in [5.41, 5.74) is 0. The highest BCUT2D eigenvalue weighted by Crippen LogP contribution is 2.09. The molecule has 0 rings (SSSR count). The van der Waals surface area contributed by atoms with Crippen molar-refractivity contribution in [2.75, 3.05) is 0 Å². The summed E-state index contributed by atoms with van der Waals surface area (Å²) < 4.78 is 0. The molecule has 0 aliphatic rings. The average molecular weight is 264 g/mol. The summed E-state index contributed by atoms with van der Waals surface area (Å²) in [5, 5.41) is 0. The molecule has 0 bridgehead atoms.